The number of halogens is 1. The summed E-state index contributed by atoms with van der Waals surface area (Å²) in [6.45, 7) is 4.78. The number of ether oxygens (including phenoxy) is 2. The van der Waals surface area contributed by atoms with Gasteiger partial charge in [0.1, 0.15) is 12.4 Å². The van der Waals surface area contributed by atoms with Crippen LogP contribution in [0.3, 0.4) is 0 Å². The normalized spacial score (nSPS) is 13.9. The van der Waals surface area contributed by atoms with E-state index in [1.165, 1.54) is 11.3 Å². The number of nitrogens with zero attached hydrogens (tertiary/aromatic N) is 1. The summed E-state index contributed by atoms with van der Waals surface area (Å²) in [5, 5.41) is 4.22. The quantitative estimate of drug-likeness (QED) is 0.570. The van der Waals surface area contributed by atoms with Crippen molar-refractivity contribution in [2.75, 3.05) is 36.5 Å². The molecule has 1 N–H and O–H groups in total. The van der Waals surface area contributed by atoms with Gasteiger partial charge in [-0.1, -0.05) is 35.9 Å². The Kier molecular flexibility index (Phi) is 6.55. The second kappa shape index (κ2) is 9.68. The van der Waals surface area contributed by atoms with Gasteiger partial charge in [-0.25, -0.2) is 0 Å². The highest BCUT2D eigenvalue weighted by Crippen LogP contribution is 2.21. The number of morpholine rings is 1. The van der Waals surface area contributed by atoms with Crippen LogP contribution in [0.4, 0.5) is 11.4 Å². The third-order valence-corrected chi connectivity index (χ3v) is 5.21. The molecule has 1 aliphatic rings. The molecule has 3 aromatic rings. The lowest BCUT2D eigenvalue weighted by molar-refractivity contribution is 0.122. The third-order valence-electron chi connectivity index (χ3n) is 4.96. The fourth-order valence-electron chi connectivity index (χ4n) is 3.31. The highest BCUT2D eigenvalue weighted by Gasteiger charge is 2.10. The van der Waals surface area contributed by atoms with Crippen molar-refractivity contribution in [2.45, 2.75) is 13.2 Å². The molecule has 5 heteroatoms. The molecule has 4 nitrogen and oxygen atoms in total. The molecule has 0 spiro atoms. The average molecular weight is 409 g/mol. The van der Waals surface area contributed by atoms with Crippen LogP contribution in [0.5, 0.6) is 5.75 Å². The fraction of sp³-hybridized carbons (Fsp3) is 0.250. The maximum Gasteiger partial charge on any atom is 0.120 e. The van der Waals surface area contributed by atoms with Gasteiger partial charge < -0.3 is 19.7 Å². The topological polar surface area (TPSA) is 33.7 Å². The van der Waals surface area contributed by atoms with Crippen LogP contribution in [0.1, 0.15) is 11.1 Å². The zero-order valence-electron chi connectivity index (χ0n) is 16.3. The summed E-state index contributed by atoms with van der Waals surface area (Å²) in [7, 11) is 0. The largest absolute Gasteiger partial charge is 0.489 e. The number of anilines is 2. The predicted molar refractivity (Wildman–Crippen MR) is 119 cm³/mol. The molecule has 3 aromatic carbocycles. The Morgan fingerprint density at radius 1 is 0.897 bits per heavy atom. The van der Waals surface area contributed by atoms with Gasteiger partial charge in [-0.3, -0.25) is 0 Å². The standard InChI is InChI=1S/C24H25ClN2O2/c25-21-6-4-19(5-7-21)18-29-24-3-1-2-20(16-24)17-26-22-8-10-23(11-9-22)27-12-14-28-15-13-27/h1-11,16,26H,12-15,17-18H2. The van der Waals surface area contributed by atoms with E-state index in [0.29, 0.717) is 6.61 Å². The first-order chi connectivity index (χ1) is 14.3. The second-order valence-electron chi connectivity index (χ2n) is 7.06. The molecule has 1 fully saturated rings. The molecule has 0 saturated carbocycles. The minimum absolute atomic E-state index is 0.525. The lowest BCUT2D eigenvalue weighted by atomic mass is 10.2. The smallest absolute Gasteiger partial charge is 0.120 e. The second-order valence-corrected chi connectivity index (χ2v) is 7.50. The van der Waals surface area contributed by atoms with Gasteiger partial charge in [0.15, 0.2) is 0 Å². The van der Waals surface area contributed by atoms with E-state index >= 15 is 0 Å². The lowest BCUT2D eigenvalue weighted by Crippen LogP contribution is -2.36. The zero-order chi connectivity index (χ0) is 19.9. The van der Waals surface area contributed by atoms with Crippen LogP contribution in [0.15, 0.2) is 72.8 Å². The Morgan fingerprint density at radius 2 is 1.66 bits per heavy atom. The van der Waals surface area contributed by atoms with Crippen LogP contribution >= 0.6 is 11.6 Å². The van der Waals surface area contributed by atoms with Crippen LogP contribution in [-0.2, 0) is 17.9 Å². The van der Waals surface area contributed by atoms with Crippen LogP contribution < -0.4 is 15.0 Å². The van der Waals surface area contributed by atoms with Gasteiger partial charge in [-0.05, 0) is 59.7 Å². The predicted octanol–water partition coefficient (Wildman–Crippen LogP) is 5.37. The van der Waals surface area contributed by atoms with Crippen LogP contribution in [0, 0.1) is 0 Å². The third kappa shape index (κ3) is 5.66. The molecule has 0 aliphatic carbocycles. The van der Waals surface area contributed by atoms with Gasteiger partial charge in [0.25, 0.3) is 0 Å². The number of nitrogens with one attached hydrogen (secondary N) is 1. The molecule has 0 radical (unpaired) electrons. The van der Waals surface area contributed by atoms with E-state index in [1.54, 1.807) is 0 Å². The van der Waals surface area contributed by atoms with Gasteiger partial charge in [0, 0.05) is 36.0 Å². The summed E-state index contributed by atoms with van der Waals surface area (Å²) in [5.41, 5.74) is 4.63. The van der Waals surface area contributed by atoms with Crippen LogP contribution in [-0.4, -0.2) is 26.3 Å². The van der Waals surface area contributed by atoms with Crippen LogP contribution in [0.25, 0.3) is 0 Å². The first kappa shape index (κ1) is 19.6. The SMILES string of the molecule is Clc1ccc(COc2cccc(CNc3ccc(N4CCOCC4)cc3)c2)cc1. The first-order valence-electron chi connectivity index (χ1n) is 9.89. The summed E-state index contributed by atoms with van der Waals surface area (Å²) in [5.74, 6) is 0.863. The molecule has 1 saturated heterocycles. The minimum Gasteiger partial charge on any atom is -0.489 e. The van der Waals surface area contributed by atoms with E-state index in [-0.39, 0.29) is 0 Å². The van der Waals surface area contributed by atoms with Gasteiger partial charge in [-0.2, -0.15) is 0 Å². The Morgan fingerprint density at radius 3 is 2.41 bits per heavy atom. The van der Waals surface area contributed by atoms with E-state index in [9.17, 15) is 0 Å². The molecule has 29 heavy (non-hydrogen) atoms. The van der Waals surface area contributed by atoms with E-state index in [1.807, 2.05) is 36.4 Å². The van der Waals surface area contributed by atoms with E-state index < -0.39 is 0 Å². The molecule has 0 amide bonds. The lowest BCUT2D eigenvalue weighted by Gasteiger charge is -2.28. The number of rotatable bonds is 7. The maximum atomic E-state index is 5.93. The Hall–Kier alpha value is -2.69. The number of hydrogen-bond acceptors (Lipinski definition) is 4. The van der Waals surface area contributed by atoms with Crippen LogP contribution in [0.2, 0.25) is 5.02 Å². The molecular formula is C24H25ClN2O2. The highest BCUT2D eigenvalue weighted by molar-refractivity contribution is 6.30. The molecule has 0 unspecified atom stereocenters. The van der Waals surface area contributed by atoms with E-state index in [0.717, 1.165) is 54.9 Å². The summed E-state index contributed by atoms with van der Waals surface area (Å²) in [4.78, 5) is 2.36. The molecule has 4 rings (SSSR count). The van der Waals surface area contributed by atoms with Crippen molar-refractivity contribution >= 4 is 23.0 Å². The van der Waals surface area contributed by atoms with Gasteiger partial charge in [0.2, 0.25) is 0 Å². The minimum atomic E-state index is 0.525. The van der Waals surface area contributed by atoms with Gasteiger partial charge >= 0.3 is 0 Å². The Bertz CT molecular complexity index is 907. The first-order valence-corrected chi connectivity index (χ1v) is 10.3. The summed E-state index contributed by atoms with van der Waals surface area (Å²) >= 11 is 5.93. The monoisotopic (exact) mass is 408 g/mol. The summed E-state index contributed by atoms with van der Waals surface area (Å²) in [6, 6.07) is 24.5. The van der Waals surface area contributed by atoms with Crippen molar-refractivity contribution in [1.29, 1.82) is 0 Å². The molecule has 1 aliphatic heterocycles. The van der Waals surface area contributed by atoms with Crippen molar-refractivity contribution in [3.63, 3.8) is 0 Å². The molecule has 0 atom stereocenters. The number of hydrogen-bond donors (Lipinski definition) is 1. The van der Waals surface area contributed by atoms with E-state index in [4.69, 9.17) is 21.1 Å². The molecule has 0 bridgehead atoms. The highest BCUT2D eigenvalue weighted by atomic mass is 35.5. The fourth-order valence-corrected chi connectivity index (χ4v) is 3.43. The molecular weight excluding hydrogens is 384 g/mol. The Labute approximate surface area is 177 Å². The Balaban J connectivity index is 1.30. The van der Waals surface area contributed by atoms with Gasteiger partial charge in [0.05, 0.1) is 13.2 Å². The van der Waals surface area contributed by atoms with Crippen molar-refractivity contribution in [3.05, 3.63) is 88.9 Å². The van der Waals surface area contributed by atoms with Crippen molar-refractivity contribution in [3.8, 4) is 5.75 Å². The van der Waals surface area contributed by atoms with E-state index in [2.05, 4.69) is 46.6 Å². The van der Waals surface area contributed by atoms with Crippen molar-refractivity contribution in [2.24, 2.45) is 0 Å². The molecule has 150 valence electrons. The number of benzene rings is 3. The molecule has 1 heterocycles. The maximum absolute atomic E-state index is 5.93. The van der Waals surface area contributed by atoms with Crippen molar-refractivity contribution < 1.29 is 9.47 Å². The van der Waals surface area contributed by atoms with Gasteiger partial charge in [-0.15, -0.1) is 0 Å². The van der Waals surface area contributed by atoms with Crippen molar-refractivity contribution in [1.82, 2.24) is 0 Å². The summed E-state index contributed by atoms with van der Waals surface area (Å²) in [6.07, 6.45) is 0. The average Bonchev–Trinajstić information content (AvgIpc) is 2.79. The summed E-state index contributed by atoms with van der Waals surface area (Å²) < 4.78 is 11.3. The zero-order valence-corrected chi connectivity index (χ0v) is 17.1. The molecule has 0 aromatic heterocycles.